The van der Waals surface area contributed by atoms with Crippen LogP contribution in [0, 0.1) is 12.7 Å². The molecule has 17 heavy (non-hydrogen) atoms. The van der Waals surface area contributed by atoms with Gasteiger partial charge in [0.2, 0.25) is 0 Å². The fourth-order valence-corrected chi connectivity index (χ4v) is 3.52. The van der Waals surface area contributed by atoms with Gasteiger partial charge in [-0.1, -0.05) is 0 Å². The average Bonchev–Trinajstić information content (AvgIpc) is 2.63. The van der Waals surface area contributed by atoms with Gasteiger partial charge in [0.1, 0.15) is 10.8 Å². The number of halogens is 1. The first-order chi connectivity index (χ1) is 8.06. The summed E-state index contributed by atoms with van der Waals surface area (Å²) in [6.45, 7) is 1.88. The van der Waals surface area contributed by atoms with E-state index >= 15 is 0 Å². The second-order valence-electron chi connectivity index (χ2n) is 3.55. The summed E-state index contributed by atoms with van der Waals surface area (Å²) in [5.74, 6) is -0.109. The van der Waals surface area contributed by atoms with Crippen LogP contribution in [-0.4, -0.2) is 9.19 Å². The normalized spacial score (nSPS) is 12.6. The molecule has 2 N–H and O–H groups in total. The van der Waals surface area contributed by atoms with Gasteiger partial charge in [-0.05, 0) is 25.1 Å². The maximum atomic E-state index is 12.9. The van der Waals surface area contributed by atoms with E-state index in [-0.39, 0.29) is 5.69 Å². The highest BCUT2D eigenvalue weighted by Crippen LogP contribution is 2.21. The number of aromatic nitrogens is 1. The fourth-order valence-electron chi connectivity index (χ4n) is 1.39. The van der Waals surface area contributed by atoms with E-state index in [0.717, 1.165) is 10.7 Å². The first kappa shape index (κ1) is 12.2. The Morgan fingerprint density at radius 2 is 2.29 bits per heavy atom. The topological polar surface area (TPSA) is 56.0 Å². The molecule has 1 unspecified atom stereocenters. The molecule has 0 saturated carbocycles. The Morgan fingerprint density at radius 3 is 2.88 bits per heavy atom. The largest absolute Gasteiger partial charge is 0.398 e. The van der Waals surface area contributed by atoms with Crippen molar-refractivity contribution in [2.24, 2.45) is 0 Å². The smallest absolute Gasteiger partial charge is 0.125 e. The van der Waals surface area contributed by atoms with E-state index in [1.54, 1.807) is 0 Å². The minimum absolute atomic E-state index is 0.219. The third-order valence-corrected chi connectivity index (χ3v) is 4.69. The Kier molecular flexibility index (Phi) is 3.54. The lowest BCUT2D eigenvalue weighted by molar-refractivity contribution is 0.627. The van der Waals surface area contributed by atoms with Gasteiger partial charge >= 0.3 is 0 Å². The quantitative estimate of drug-likeness (QED) is 0.872. The number of thiazole rings is 1. The van der Waals surface area contributed by atoms with Gasteiger partial charge in [-0.25, -0.2) is 9.37 Å². The van der Waals surface area contributed by atoms with Crippen LogP contribution in [0.2, 0.25) is 0 Å². The molecular weight excluding hydrogens is 259 g/mol. The molecule has 0 spiro atoms. The molecule has 0 amide bonds. The van der Waals surface area contributed by atoms with Crippen LogP contribution in [0.1, 0.15) is 10.7 Å². The Labute approximate surface area is 105 Å². The predicted molar refractivity (Wildman–Crippen MR) is 67.8 cm³/mol. The summed E-state index contributed by atoms with van der Waals surface area (Å²) in [5, 5.41) is 2.70. The van der Waals surface area contributed by atoms with E-state index in [1.165, 1.54) is 29.5 Å². The minimum atomic E-state index is -1.28. The standard InChI is InChI=1S/C11H11FN2OS2/c1-7-5-16-11(14-7)6-17(15)10-3-2-8(12)4-9(10)13/h2-5H,6,13H2,1H3. The van der Waals surface area contributed by atoms with Crippen LogP contribution in [0.25, 0.3) is 0 Å². The molecule has 1 aromatic carbocycles. The first-order valence-electron chi connectivity index (χ1n) is 4.90. The number of aryl methyl sites for hydroxylation is 1. The Balaban J connectivity index is 2.20. The van der Waals surface area contributed by atoms with Crippen molar-refractivity contribution in [1.29, 1.82) is 0 Å². The predicted octanol–water partition coefficient (Wildman–Crippen LogP) is 2.48. The molecule has 90 valence electrons. The number of nitrogens with zero attached hydrogens (tertiary/aromatic N) is 1. The van der Waals surface area contributed by atoms with Crippen molar-refractivity contribution in [1.82, 2.24) is 4.98 Å². The SMILES string of the molecule is Cc1csc(CS(=O)c2ccc(F)cc2N)n1. The number of nitrogens with two attached hydrogens (primary N) is 1. The average molecular weight is 270 g/mol. The van der Waals surface area contributed by atoms with Gasteiger partial charge in [0.15, 0.2) is 0 Å². The summed E-state index contributed by atoms with van der Waals surface area (Å²) < 4.78 is 24.9. The molecule has 3 nitrogen and oxygen atoms in total. The summed E-state index contributed by atoms with van der Waals surface area (Å²) in [6, 6.07) is 3.90. The summed E-state index contributed by atoms with van der Waals surface area (Å²) in [5.41, 5.74) is 6.76. The van der Waals surface area contributed by atoms with Gasteiger partial charge in [-0.3, -0.25) is 4.21 Å². The third kappa shape index (κ3) is 2.89. The van der Waals surface area contributed by atoms with Crippen molar-refractivity contribution >= 4 is 27.8 Å². The van der Waals surface area contributed by atoms with Crippen LogP contribution >= 0.6 is 11.3 Å². The van der Waals surface area contributed by atoms with Gasteiger partial charge in [0, 0.05) is 11.1 Å². The summed E-state index contributed by atoms with van der Waals surface area (Å²) in [4.78, 5) is 4.69. The van der Waals surface area contributed by atoms with Crippen LogP contribution in [-0.2, 0) is 16.6 Å². The molecule has 0 aliphatic carbocycles. The van der Waals surface area contributed by atoms with Gasteiger partial charge in [0.25, 0.3) is 0 Å². The Bertz CT molecular complexity index is 568. The highest BCUT2D eigenvalue weighted by Gasteiger charge is 2.11. The number of rotatable bonds is 3. The molecule has 0 aliphatic rings. The lowest BCUT2D eigenvalue weighted by atomic mass is 10.3. The maximum Gasteiger partial charge on any atom is 0.125 e. The van der Waals surface area contributed by atoms with Crippen molar-refractivity contribution in [3.63, 3.8) is 0 Å². The van der Waals surface area contributed by atoms with Crippen LogP contribution in [0.3, 0.4) is 0 Å². The highest BCUT2D eigenvalue weighted by molar-refractivity contribution is 7.84. The van der Waals surface area contributed by atoms with Crippen molar-refractivity contribution in [2.45, 2.75) is 17.6 Å². The number of nitrogen functional groups attached to an aromatic ring is 1. The molecule has 1 heterocycles. The lowest BCUT2D eigenvalue weighted by Gasteiger charge is -2.04. The third-order valence-electron chi connectivity index (χ3n) is 2.14. The molecule has 1 aromatic heterocycles. The van der Waals surface area contributed by atoms with E-state index < -0.39 is 16.6 Å². The Hall–Kier alpha value is -1.27. The number of hydrogen-bond donors (Lipinski definition) is 1. The molecule has 2 aromatic rings. The molecule has 1 atom stereocenters. The molecule has 0 fully saturated rings. The van der Waals surface area contributed by atoms with Gasteiger partial charge < -0.3 is 5.73 Å². The van der Waals surface area contributed by atoms with E-state index in [2.05, 4.69) is 4.98 Å². The summed E-state index contributed by atoms with van der Waals surface area (Å²) in [7, 11) is -1.28. The van der Waals surface area contributed by atoms with Crippen LogP contribution < -0.4 is 5.73 Å². The lowest BCUT2D eigenvalue weighted by Crippen LogP contribution is -2.01. The van der Waals surface area contributed by atoms with E-state index in [0.29, 0.717) is 10.6 Å². The van der Waals surface area contributed by atoms with Crippen molar-refractivity contribution in [2.75, 3.05) is 5.73 Å². The zero-order valence-electron chi connectivity index (χ0n) is 9.14. The molecule has 6 heteroatoms. The van der Waals surface area contributed by atoms with Crippen LogP contribution in [0.4, 0.5) is 10.1 Å². The molecule has 2 rings (SSSR count). The summed E-state index contributed by atoms with van der Waals surface area (Å²) in [6.07, 6.45) is 0. The maximum absolute atomic E-state index is 12.9. The molecule has 0 bridgehead atoms. The van der Waals surface area contributed by atoms with Crippen molar-refractivity contribution in [3.8, 4) is 0 Å². The molecule has 0 aliphatic heterocycles. The van der Waals surface area contributed by atoms with E-state index in [1.807, 2.05) is 12.3 Å². The van der Waals surface area contributed by atoms with Gasteiger partial charge in [-0.15, -0.1) is 11.3 Å². The van der Waals surface area contributed by atoms with E-state index in [9.17, 15) is 8.60 Å². The second-order valence-corrected chi connectivity index (χ2v) is 5.92. The monoisotopic (exact) mass is 270 g/mol. The van der Waals surface area contributed by atoms with Crippen LogP contribution in [0.5, 0.6) is 0 Å². The first-order valence-corrected chi connectivity index (χ1v) is 7.10. The molecule has 0 saturated heterocycles. The van der Waals surface area contributed by atoms with Gasteiger partial charge in [-0.2, -0.15) is 0 Å². The Morgan fingerprint density at radius 1 is 1.53 bits per heavy atom. The molecule has 0 radical (unpaired) electrons. The zero-order chi connectivity index (χ0) is 12.4. The fraction of sp³-hybridized carbons (Fsp3) is 0.182. The zero-order valence-corrected chi connectivity index (χ0v) is 10.8. The van der Waals surface area contributed by atoms with Crippen molar-refractivity contribution < 1.29 is 8.60 Å². The number of anilines is 1. The minimum Gasteiger partial charge on any atom is -0.398 e. The van der Waals surface area contributed by atoms with Gasteiger partial charge in [0.05, 0.1) is 27.1 Å². The van der Waals surface area contributed by atoms with E-state index in [4.69, 9.17) is 5.73 Å². The molecular formula is C11H11FN2OS2. The van der Waals surface area contributed by atoms with Crippen molar-refractivity contribution in [3.05, 3.63) is 40.1 Å². The second kappa shape index (κ2) is 4.93. The highest BCUT2D eigenvalue weighted by atomic mass is 32.2. The number of benzene rings is 1. The number of hydrogen-bond acceptors (Lipinski definition) is 4. The van der Waals surface area contributed by atoms with Crippen LogP contribution in [0.15, 0.2) is 28.5 Å². The summed E-state index contributed by atoms with van der Waals surface area (Å²) >= 11 is 1.46.